The van der Waals surface area contributed by atoms with E-state index < -0.39 is 11.9 Å². The maximum absolute atomic E-state index is 13.5. The van der Waals surface area contributed by atoms with Crippen LogP contribution < -0.4 is 10.6 Å². The van der Waals surface area contributed by atoms with Crippen molar-refractivity contribution < 1.29 is 13.5 Å². The summed E-state index contributed by atoms with van der Waals surface area (Å²) in [7, 11) is 0. The zero-order valence-corrected chi connectivity index (χ0v) is 22.0. The van der Waals surface area contributed by atoms with Crippen LogP contribution in [0.4, 0.5) is 20.5 Å². The number of aliphatic imine (C=N–C) groups is 1. The number of hydrogen-bond acceptors (Lipinski definition) is 9. The topological polar surface area (TPSA) is 115 Å². The van der Waals surface area contributed by atoms with E-state index in [2.05, 4.69) is 40.7 Å². The number of hydrogen-bond donors (Lipinski definition) is 2. The van der Waals surface area contributed by atoms with Gasteiger partial charge in [0.25, 0.3) is 0 Å². The summed E-state index contributed by atoms with van der Waals surface area (Å²) in [6.07, 6.45) is 15.7. The van der Waals surface area contributed by atoms with Crippen molar-refractivity contribution in [2.24, 2.45) is 4.99 Å². The third-order valence-electron chi connectivity index (χ3n) is 6.00. The lowest BCUT2D eigenvalue weighted by molar-refractivity contribution is 0.0481. The number of dihydropyridines is 1. The van der Waals surface area contributed by atoms with E-state index >= 15 is 0 Å². The molecule has 5 rings (SSSR count). The summed E-state index contributed by atoms with van der Waals surface area (Å²) < 4.78 is 34.5. The minimum absolute atomic E-state index is 0.150. The van der Waals surface area contributed by atoms with Crippen LogP contribution in [0, 0.1) is 0 Å². The first-order chi connectivity index (χ1) is 18.9. The molecule has 39 heavy (non-hydrogen) atoms. The average Bonchev–Trinajstić information content (AvgIpc) is 3.59. The predicted molar refractivity (Wildman–Crippen MR) is 147 cm³/mol. The van der Waals surface area contributed by atoms with Crippen LogP contribution in [0.3, 0.4) is 0 Å². The van der Waals surface area contributed by atoms with Gasteiger partial charge in [-0.05, 0) is 49.1 Å². The molecular formula is C26H28ClF2N9O. The Hall–Kier alpha value is -3.77. The van der Waals surface area contributed by atoms with E-state index in [1.165, 1.54) is 6.33 Å². The normalized spacial score (nSPS) is 18.1. The first-order valence-corrected chi connectivity index (χ1v) is 13.0. The smallest absolute Gasteiger partial charge is 0.338 e. The molecule has 1 fully saturated rings. The maximum Gasteiger partial charge on any atom is 0.338 e. The molecule has 1 saturated carbocycles. The van der Waals surface area contributed by atoms with Gasteiger partial charge < -0.3 is 15.4 Å². The van der Waals surface area contributed by atoms with Crippen LogP contribution in [-0.2, 0) is 11.3 Å². The van der Waals surface area contributed by atoms with Crippen LogP contribution in [0.2, 0.25) is 0 Å². The molecule has 0 radical (unpaired) electrons. The van der Waals surface area contributed by atoms with E-state index in [-0.39, 0.29) is 18.0 Å². The lowest BCUT2D eigenvalue weighted by Gasteiger charge is -2.17. The van der Waals surface area contributed by atoms with Crippen LogP contribution in [0.25, 0.3) is 16.6 Å². The highest BCUT2D eigenvalue weighted by molar-refractivity contribution is 6.22. The lowest BCUT2D eigenvalue weighted by atomic mass is 10.1. The van der Waals surface area contributed by atoms with Crippen LogP contribution in [-0.4, -0.2) is 66.7 Å². The van der Waals surface area contributed by atoms with Gasteiger partial charge in [0.15, 0.2) is 12.0 Å². The van der Waals surface area contributed by atoms with Gasteiger partial charge >= 0.3 is 5.38 Å². The molecule has 1 atom stereocenters. The number of anilines is 2. The minimum atomic E-state index is -3.45. The zero-order valence-electron chi connectivity index (χ0n) is 21.3. The van der Waals surface area contributed by atoms with E-state index in [0.29, 0.717) is 42.3 Å². The third kappa shape index (κ3) is 7.64. The lowest BCUT2D eigenvalue weighted by Crippen LogP contribution is -2.21. The standard InChI is InChI=1S/C26H28ClF2N9O/c1-2-17(4-3-11-38-16-30-15-34-38)12-32-25-36-21-9-8-20(18-5-10-22(31-13-18)39-19-6-7-19)35-23(21)24(37-25)33-14-26(27,28)29/h2-5,8-9,13,15-16,19,22H,6-7,10-12,14H2,1H3,(H2,32,33,36,37). The number of fused-ring (bicyclic) bond motifs is 1. The predicted octanol–water partition coefficient (Wildman–Crippen LogP) is 4.84. The zero-order chi connectivity index (χ0) is 27.2. The Kier molecular flexibility index (Phi) is 8.22. The molecule has 10 nitrogen and oxygen atoms in total. The number of pyridine rings is 1. The molecule has 1 aliphatic heterocycles. The van der Waals surface area contributed by atoms with Gasteiger partial charge in [-0.15, -0.1) is 0 Å². The molecule has 2 N–H and O–H groups in total. The van der Waals surface area contributed by atoms with Crippen molar-refractivity contribution in [2.45, 2.75) is 50.4 Å². The van der Waals surface area contributed by atoms with E-state index in [0.717, 1.165) is 24.0 Å². The second-order valence-corrected chi connectivity index (χ2v) is 9.68. The SMILES string of the molecule is CC=C(C=CCn1cncn1)CNc1nc(NCC(F)(F)Cl)c2nc(C3=CCC(OC4CC4)N=C3)ccc2n1. The Bertz CT molecular complexity index is 1410. The van der Waals surface area contributed by atoms with E-state index in [1.807, 2.05) is 37.3 Å². The Balaban J connectivity index is 1.33. The van der Waals surface area contributed by atoms with Crippen LogP contribution in [0.1, 0.15) is 31.9 Å². The highest BCUT2D eigenvalue weighted by atomic mass is 35.5. The molecule has 0 bridgehead atoms. The second kappa shape index (κ2) is 12.0. The molecule has 0 aromatic carbocycles. The van der Waals surface area contributed by atoms with Crippen LogP contribution >= 0.6 is 11.6 Å². The highest BCUT2D eigenvalue weighted by Crippen LogP contribution is 2.29. The first kappa shape index (κ1) is 26.8. The van der Waals surface area contributed by atoms with Crippen molar-refractivity contribution in [3.63, 3.8) is 0 Å². The number of ether oxygens (including phenoxy) is 1. The largest absolute Gasteiger partial charge is 0.361 e. The van der Waals surface area contributed by atoms with Gasteiger partial charge in [-0.2, -0.15) is 18.9 Å². The van der Waals surface area contributed by atoms with Crippen molar-refractivity contribution >= 4 is 46.2 Å². The maximum atomic E-state index is 13.5. The molecule has 1 aliphatic carbocycles. The summed E-state index contributed by atoms with van der Waals surface area (Å²) in [6, 6.07) is 3.60. The molecule has 0 spiro atoms. The quantitative estimate of drug-likeness (QED) is 0.241. The summed E-state index contributed by atoms with van der Waals surface area (Å²) in [4.78, 5) is 22.1. The molecular weight excluding hydrogens is 528 g/mol. The Morgan fingerprint density at radius 1 is 1.23 bits per heavy atom. The Labute approximate surface area is 229 Å². The molecule has 3 aromatic heterocycles. The average molecular weight is 556 g/mol. The highest BCUT2D eigenvalue weighted by Gasteiger charge is 2.27. The van der Waals surface area contributed by atoms with Crippen LogP contribution in [0.15, 0.2) is 59.7 Å². The minimum Gasteiger partial charge on any atom is -0.361 e. The molecule has 0 saturated heterocycles. The number of halogens is 3. The van der Waals surface area contributed by atoms with Crippen LogP contribution in [0.5, 0.6) is 0 Å². The van der Waals surface area contributed by atoms with E-state index in [9.17, 15) is 8.78 Å². The third-order valence-corrected chi connectivity index (χ3v) is 6.13. The number of rotatable bonds is 12. The van der Waals surface area contributed by atoms with Crippen molar-refractivity contribution in [3.8, 4) is 0 Å². The van der Waals surface area contributed by atoms with Gasteiger partial charge in [-0.1, -0.05) is 24.3 Å². The number of aromatic nitrogens is 6. The summed E-state index contributed by atoms with van der Waals surface area (Å²) in [5.41, 5.74) is 3.27. The summed E-state index contributed by atoms with van der Waals surface area (Å²) in [6.45, 7) is 2.10. The Morgan fingerprint density at radius 3 is 2.79 bits per heavy atom. The van der Waals surface area contributed by atoms with Gasteiger partial charge in [-0.3, -0.25) is 4.99 Å². The fourth-order valence-electron chi connectivity index (χ4n) is 3.83. The number of alkyl halides is 3. The second-order valence-electron chi connectivity index (χ2n) is 9.13. The van der Waals surface area contributed by atoms with Gasteiger partial charge in [0.2, 0.25) is 5.95 Å². The molecule has 2 aliphatic rings. The van der Waals surface area contributed by atoms with Crippen molar-refractivity contribution in [1.29, 1.82) is 0 Å². The van der Waals surface area contributed by atoms with Gasteiger partial charge in [0, 0.05) is 24.8 Å². The fourth-order valence-corrected chi connectivity index (χ4v) is 3.90. The van der Waals surface area contributed by atoms with Crippen molar-refractivity contribution in [3.05, 3.63) is 60.4 Å². The van der Waals surface area contributed by atoms with Gasteiger partial charge in [0.05, 0.1) is 30.4 Å². The van der Waals surface area contributed by atoms with Crippen molar-refractivity contribution in [1.82, 2.24) is 29.7 Å². The molecule has 13 heteroatoms. The van der Waals surface area contributed by atoms with Crippen molar-refractivity contribution in [2.75, 3.05) is 23.7 Å². The monoisotopic (exact) mass is 555 g/mol. The summed E-state index contributed by atoms with van der Waals surface area (Å²) in [5.74, 6) is 0.414. The van der Waals surface area contributed by atoms with Gasteiger partial charge in [0.1, 0.15) is 18.2 Å². The molecule has 3 aromatic rings. The summed E-state index contributed by atoms with van der Waals surface area (Å²) in [5, 5.41) is 6.40. The Morgan fingerprint density at radius 2 is 2.10 bits per heavy atom. The first-order valence-electron chi connectivity index (χ1n) is 12.6. The number of nitrogens with zero attached hydrogens (tertiary/aromatic N) is 7. The number of nitrogens with one attached hydrogen (secondary N) is 2. The molecule has 204 valence electrons. The number of allylic oxidation sites excluding steroid dienone is 3. The molecule has 0 amide bonds. The van der Waals surface area contributed by atoms with E-state index in [1.54, 1.807) is 23.3 Å². The molecule has 4 heterocycles. The fraction of sp³-hybridized carbons (Fsp3) is 0.385. The van der Waals surface area contributed by atoms with Gasteiger partial charge in [-0.25, -0.2) is 19.6 Å². The van der Waals surface area contributed by atoms with E-state index in [4.69, 9.17) is 16.3 Å². The summed E-state index contributed by atoms with van der Waals surface area (Å²) >= 11 is 5.15. The molecule has 1 unspecified atom stereocenters.